The lowest BCUT2D eigenvalue weighted by molar-refractivity contribution is -0.192. The molecular weight excluding hydrogens is 483 g/mol. The molecule has 194 valence electrons. The molecule has 1 saturated heterocycles. The number of carboxylic acid groups (broad SMARTS) is 1. The van der Waals surface area contributed by atoms with Crippen LogP contribution in [0.25, 0.3) is 10.9 Å². The van der Waals surface area contributed by atoms with Crippen molar-refractivity contribution in [3.8, 4) is 5.88 Å². The van der Waals surface area contributed by atoms with Crippen molar-refractivity contribution < 1.29 is 32.6 Å². The third-order valence-electron chi connectivity index (χ3n) is 5.27. The predicted molar refractivity (Wildman–Crippen MR) is 125 cm³/mol. The first-order chi connectivity index (χ1) is 17.0. The van der Waals surface area contributed by atoms with Crippen molar-refractivity contribution in [3.05, 3.63) is 36.2 Å². The Bertz CT molecular complexity index is 1230. The maximum atomic E-state index is 12.9. The van der Waals surface area contributed by atoms with E-state index < -0.39 is 12.1 Å². The number of ether oxygens (including phenoxy) is 1. The summed E-state index contributed by atoms with van der Waals surface area (Å²) in [6, 6.07) is 6.00. The summed E-state index contributed by atoms with van der Waals surface area (Å²) in [4.78, 5) is 32.8. The third kappa shape index (κ3) is 6.59. The minimum atomic E-state index is -5.08. The van der Waals surface area contributed by atoms with E-state index in [2.05, 4.69) is 30.6 Å². The number of anilines is 2. The Morgan fingerprint density at radius 3 is 2.64 bits per heavy atom. The van der Waals surface area contributed by atoms with Crippen molar-refractivity contribution in [2.24, 2.45) is 7.05 Å². The third-order valence-corrected chi connectivity index (χ3v) is 5.27. The van der Waals surface area contributed by atoms with E-state index in [9.17, 15) is 18.0 Å². The number of aliphatic carboxylic acids is 1. The molecule has 0 unspecified atom stereocenters. The summed E-state index contributed by atoms with van der Waals surface area (Å²) < 4.78 is 39.1. The van der Waals surface area contributed by atoms with Gasteiger partial charge in [0.15, 0.2) is 0 Å². The van der Waals surface area contributed by atoms with E-state index in [1.165, 1.54) is 6.20 Å². The molecule has 1 atom stereocenters. The molecule has 11 nitrogen and oxygen atoms in total. The number of hydrogen-bond acceptors (Lipinski definition) is 8. The lowest BCUT2D eigenvalue weighted by atomic mass is 10.2. The first-order valence-corrected chi connectivity index (χ1v) is 11.0. The summed E-state index contributed by atoms with van der Waals surface area (Å²) in [5.41, 5.74) is 1.86. The fourth-order valence-corrected chi connectivity index (χ4v) is 3.52. The normalized spacial score (nSPS) is 15.4. The molecule has 2 aromatic heterocycles. The van der Waals surface area contributed by atoms with Crippen LogP contribution in [0.3, 0.4) is 0 Å². The number of alkyl halides is 3. The Hall–Kier alpha value is -3.94. The van der Waals surface area contributed by atoms with Crippen LogP contribution in [0.4, 0.5) is 24.8 Å². The molecule has 1 amide bonds. The lowest BCUT2D eigenvalue weighted by Crippen LogP contribution is -2.30. The number of nitrogens with one attached hydrogen (secondary N) is 2. The highest BCUT2D eigenvalue weighted by atomic mass is 19.4. The Morgan fingerprint density at radius 1 is 1.31 bits per heavy atom. The van der Waals surface area contributed by atoms with Crippen LogP contribution >= 0.6 is 0 Å². The maximum Gasteiger partial charge on any atom is 0.490 e. The molecule has 1 aliphatic heterocycles. The van der Waals surface area contributed by atoms with E-state index in [1.54, 1.807) is 4.68 Å². The fourth-order valence-electron chi connectivity index (χ4n) is 3.52. The molecule has 36 heavy (non-hydrogen) atoms. The molecule has 0 aliphatic carbocycles. The minimum Gasteiger partial charge on any atom is -0.477 e. The van der Waals surface area contributed by atoms with Crippen LogP contribution < -0.4 is 20.3 Å². The van der Waals surface area contributed by atoms with Crippen molar-refractivity contribution >= 4 is 34.4 Å². The van der Waals surface area contributed by atoms with Crippen molar-refractivity contribution in [3.63, 3.8) is 0 Å². The van der Waals surface area contributed by atoms with Crippen molar-refractivity contribution in [1.29, 1.82) is 0 Å². The van der Waals surface area contributed by atoms with Crippen LogP contribution in [0.1, 0.15) is 23.7 Å². The van der Waals surface area contributed by atoms with Gasteiger partial charge < -0.3 is 25.4 Å². The molecule has 1 aliphatic rings. The molecule has 3 N–H and O–H groups in total. The van der Waals surface area contributed by atoms with E-state index in [0.717, 1.165) is 30.4 Å². The van der Waals surface area contributed by atoms with Crippen molar-refractivity contribution in [1.82, 2.24) is 25.1 Å². The first-order valence-electron chi connectivity index (χ1n) is 11.0. The highest BCUT2D eigenvalue weighted by Gasteiger charge is 2.38. The van der Waals surface area contributed by atoms with E-state index >= 15 is 0 Å². The second-order valence-corrected chi connectivity index (χ2v) is 7.88. The highest BCUT2D eigenvalue weighted by Crippen LogP contribution is 2.24. The second kappa shape index (κ2) is 11.2. The summed E-state index contributed by atoms with van der Waals surface area (Å²) in [6.07, 6.45) is -0.607. The van der Waals surface area contributed by atoms with Crippen LogP contribution in [-0.4, -0.2) is 75.7 Å². The van der Waals surface area contributed by atoms with E-state index in [-0.39, 0.29) is 5.91 Å². The van der Waals surface area contributed by atoms with Gasteiger partial charge in [-0.25, -0.2) is 9.78 Å². The predicted octanol–water partition coefficient (Wildman–Crippen LogP) is 2.45. The topological polar surface area (TPSA) is 134 Å². The first kappa shape index (κ1) is 26.7. The van der Waals surface area contributed by atoms with E-state index in [0.29, 0.717) is 35.7 Å². The number of likely N-dealkylation sites (N-methyl/N-ethyl adjacent to an activating group) is 1. The monoisotopic (exact) mass is 509 g/mol. The van der Waals surface area contributed by atoms with Crippen LogP contribution in [0.15, 0.2) is 30.6 Å². The zero-order chi connectivity index (χ0) is 26.5. The minimum absolute atomic E-state index is 0.297. The Kier molecular flexibility index (Phi) is 8.29. The number of benzene rings is 1. The van der Waals surface area contributed by atoms with Crippen LogP contribution in [-0.2, 0) is 11.8 Å². The van der Waals surface area contributed by atoms with Crippen molar-refractivity contribution in [2.75, 3.05) is 37.0 Å². The van der Waals surface area contributed by atoms with Crippen molar-refractivity contribution in [2.45, 2.75) is 25.6 Å². The number of aryl methyl sites for hydroxylation is 1. The van der Waals surface area contributed by atoms with Crippen LogP contribution in [0.2, 0.25) is 0 Å². The van der Waals surface area contributed by atoms with Gasteiger partial charge in [0.05, 0.1) is 12.1 Å². The van der Waals surface area contributed by atoms with Gasteiger partial charge in [0.2, 0.25) is 11.8 Å². The molecule has 0 saturated carbocycles. The SMILES string of the molecule is CCOc1nc(N2CC[C@H](NC)C2)ncc1C(=O)Nc1ccc2nn(C)cc2c1.O=C(O)C(F)(F)F. The average Bonchev–Trinajstić information content (AvgIpc) is 3.44. The van der Waals surface area contributed by atoms with Gasteiger partial charge in [-0.1, -0.05) is 0 Å². The molecule has 3 aromatic rings. The number of hydrogen-bond donors (Lipinski definition) is 3. The Morgan fingerprint density at radius 2 is 2.03 bits per heavy atom. The standard InChI is InChI=1S/C20H25N7O2.C2HF3O2/c1-4-29-19-16(10-22-20(24-19)27-8-7-15(12-27)21-2)18(28)23-14-5-6-17-13(9-14)11-26(3)25-17;3-2(4,5)1(6)7/h5-6,9-11,15,21H,4,7-8,12H2,1-3H3,(H,23,28);(H,6,7)/t15-;/m0./s1. The quantitative estimate of drug-likeness (QED) is 0.458. The second-order valence-electron chi connectivity index (χ2n) is 7.88. The average molecular weight is 509 g/mol. The fraction of sp³-hybridized carbons (Fsp3) is 0.409. The molecule has 4 rings (SSSR count). The zero-order valence-electron chi connectivity index (χ0n) is 19.8. The van der Waals surface area contributed by atoms with Gasteiger partial charge in [-0.2, -0.15) is 23.3 Å². The molecule has 3 heterocycles. The molecular formula is C22H26F3N7O4. The van der Waals surface area contributed by atoms with Crippen LogP contribution in [0.5, 0.6) is 5.88 Å². The molecule has 0 spiro atoms. The number of nitrogens with zero attached hydrogens (tertiary/aromatic N) is 5. The van der Waals surface area contributed by atoms with Gasteiger partial charge in [0.25, 0.3) is 5.91 Å². The van der Waals surface area contributed by atoms with Gasteiger partial charge in [0, 0.05) is 49.6 Å². The number of rotatable bonds is 6. The Labute approximate surface area is 204 Å². The number of amides is 1. The lowest BCUT2D eigenvalue weighted by Gasteiger charge is -2.18. The smallest absolute Gasteiger partial charge is 0.477 e. The number of fused-ring (bicyclic) bond motifs is 1. The van der Waals surface area contributed by atoms with E-state index in [4.69, 9.17) is 14.6 Å². The summed E-state index contributed by atoms with van der Waals surface area (Å²) in [6.45, 7) is 3.98. The largest absolute Gasteiger partial charge is 0.490 e. The Balaban J connectivity index is 0.000000454. The van der Waals surface area contributed by atoms with Gasteiger partial charge in [0.1, 0.15) is 5.56 Å². The highest BCUT2D eigenvalue weighted by molar-refractivity contribution is 6.06. The molecule has 14 heteroatoms. The van der Waals surface area contributed by atoms with Gasteiger partial charge >= 0.3 is 12.1 Å². The molecule has 1 aromatic carbocycles. The van der Waals surface area contributed by atoms with Gasteiger partial charge in [-0.15, -0.1) is 0 Å². The number of carbonyl (C=O) groups excluding carboxylic acids is 1. The van der Waals surface area contributed by atoms with Gasteiger partial charge in [-0.05, 0) is 38.6 Å². The maximum absolute atomic E-state index is 12.9. The number of halogens is 3. The molecule has 1 fully saturated rings. The molecule has 0 radical (unpaired) electrons. The zero-order valence-corrected chi connectivity index (χ0v) is 19.8. The van der Waals surface area contributed by atoms with Crippen LogP contribution in [0, 0.1) is 0 Å². The van der Waals surface area contributed by atoms with Gasteiger partial charge in [-0.3, -0.25) is 9.48 Å². The molecule has 0 bridgehead atoms. The summed E-state index contributed by atoms with van der Waals surface area (Å²) in [5.74, 6) is -2.19. The number of aromatic nitrogens is 4. The number of carbonyl (C=O) groups is 2. The summed E-state index contributed by atoms with van der Waals surface area (Å²) in [7, 11) is 3.82. The van der Waals surface area contributed by atoms with E-state index in [1.807, 2.05) is 45.4 Å². The summed E-state index contributed by atoms with van der Waals surface area (Å²) in [5, 5.41) is 18.6. The number of carboxylic acids is 1. The summed E-state index contributed by atoms with van der Waals surface area (Å²) >= 11 is 0.